The highest BCUT2D eigenvalue weighted by Crippen LogP contribution is 2.30. The van der Waals surface area contributed by atoms with Crippen LogP contribution in [0.2, 0.25) is 0 Å². The molecule has 0 unspecified atom stereocenters. The second-order valence-corrected chi connectivity index (χ2v) is 5.04. The normalized spacial score (nSPS) is 10.9. The van der Waals surface area contributed by atoms with Gasteiger partial charge in [0.2, 0.25) is 5.82 Å². The van der Waals surface area contributed by atoms with Crippen molar-refractivity contribution < 1.29 is 9.13 Å². The minimum absolute atomic E-state index is 0.367. The molecular formula is C17H12FN5O. The number of halogens is 1. The number of hydrogen-bond acceptors (Lipinski definition) is 5. The van der Waals surface area contributed by atoms with Gasteiger partial charge in [0.1, 0.15) is 17.3 Å². The first-order chi connectivity index (χ1) is 11.8. The average molecular weight is 321 g/mol. The predicted molar refractivity (Wildman–Crippen MR) is 86.0 cm³/mol. The maximum atomic E-state index is 13.5. The van der Waals surface area contributed by atoms with Gasteiger partial charge in [-0.1, -0.05) is 6.07 Å². The van der Waals surface area contributed by atoms with E-state index < -0.39 is 0 Å². The Morgan fingerprint density at radius 1 is 1.04 bits per heavy atom. The van der Waals surface area contributed by atoms with E-state index in [-0.39, 0.29) is 5.82 Å². The summed E-state index contributed by atoms with van der Waals surface area (Å²) in [5, 5.41) is 4.49. The van der Waals surface area contributed by atoms with Crippen LogP contribution in [0, 0.1) is 5.82 Å². The Morgan fingerprint density at radius 3 is 2.75 bits per heavy atom. The first-order valence-corrected chi connectivity index (χ1v) is 7.23. The molecule has 118 valence electrons. The lowest BCUT2D eigenvalue weighted by molar-refractivity contribution is 0.412. The molecule has 0 aliphatic heterocycles. The molecule has 3 aromatic heterocycles. The van der Waals surface area contributed by atoms with Gasteiger partial charge in [-0.25, -0.2) is 9.37 Å². The Balaban J connectivity index is 1.93. The zero-order chi connectivity index (χ0) is 16.5. The van der Waals surface area contributed by atoms with Crippen molar-refractivity contribution in [2.45, 2.75) is 0 Å². The molecule has 0 aliphatic carbocycles. The van der Waals surface area contributed by atoms with Crippen LogP contribution in [0.15, 0.2) is 54.9 Å². The van der Waals surface area contributed by atoms with Gasteiger partial charge in [-0.05, 0) is 30.3 Å². The van der Waals surface area contributed by atoms with Crippen molar-refractivity contribution in [3.8, 4) is 28.5 Å². The molecule has 0 radical (unpaired) electrons. The largest absolute Gasteiger partial charge is 0.496 e. The lowest BCUT2D eigenvalue weighted by Crippen LogP contribution is -1.98. The van der Waals surface area contributed by atoms with E-state index in [2.05, 4.69) is 20.1 Å². The summed E-state index contributed by atoms with van der Waals surface area (Å²) in [6, 6.07) is 11.6. The number of nitrogens with zero attached hydrogens (tertiary/aromatic N) is 5. The van der Waals surface area contributed by atoms with Crippen LogP contribution in [0.5, 0.6) is 5.75 Å². The van der Waals surface area contributed by atoms with Crippen molar-refractivity contribution in [1.29, 1.82) is 0 Å². The number of benzene rings is 1. The summed E-state index contributed by atoms with van der Waals surface area (Å²) in [7, 11) is 1.50. The fourth-order valence-corrected chi connectivity index (χ4v) is 2.48. The molecule has 0 saturated heterocycles. The van der Waals surface area contributed by atoms with E-state index in [1.807, 2.05) is 18.2 Å². The van der Waals surface area contributed by atoms with E-state index in [0.29, 0.717) is 34.3 Å². The van der Waals surface area contributed by atoms with Crippen molar-refractivity contribution in [2.75, 3.05) is 7.11 Å². The number of hydrogen-bond donors (Lipinski definition) is 0. The third-order valence-corrected chi connectivity index (χ3v) is 3.57. The summed E-state index contributed by atoms with van der Waals surface area (Å²) in [5.41, 5.74) is 2.05. The number of pyridine rings is 1. The van der Waals surface area contributed by atoms with Gasteiger partial charge in [-0.2, -0.15) is 9.50 Å². The van der Waals surface area contributed by atoms with Crippen molar-refractivity contribution in [1.82, 2.24) is 24.6 Å². The van der Waals surface area contributed by atoms with Gasteiger partial charge in [0.25, 0.3) is 5.78 Å². The fourth-order valence-electron chi connectivity index (χ4n) is 2.48. The highest BCUT2D eigenvalue weighted by Gasteiger charge is 2.15. The molecule has 0 atom stereocenters. The van der Waals surface area contributed by atoms with Gasteiger partial charge in [-0.3, -0.25) is 4.98 Å². The van der Waals surface area contributed by atoms with Crippen LogP contribution in [-0.4, -0.2) is 31.7 Å². The van der Waals surface area contributed by atoms with E-state index in [4.69, 9.17) is 4.74 Å². The van der Waals surface area contributed by atoms with Crippen LogP contribution in [0.1, 0.15) is 0 Å². The second kappa shape index (κ2) is 5.69. The second-order valence-electron chi connectivity index (χ2n) is 5.04. The summed E-state index contributed by atoms with van der Waals surface area (Å²) in [6.45, 7) is 0. The summed E-state index contributed by atoms with van der Waals surface area (Å²) in [6.07, 6.45) is 3.31. The van der Waals surface area contributed by atoms with Crippen molar-refractivity contribution in [3.05, 3.63) is 60.7 Å². The van der Waals surface area contributed by atoms with E-state index >= 15 is 0 Å². The zero-order valence-electron chi connectivity index (χ0n) is 12.7. The van der Waals surface area contributed by atoms with Crippen molar-refractivity contribution in [2.24, 2.45) is 0 Å². The molecule has 3 heterocycles. The molecule has 7 heteroatoms. The van der Waals surface area contributed by atoms with Crippen LogP contribution >= 0.6 is 0 Å². The quantitative estimate of drug-likeness (QED) is 0.580. The Hall–Kier alpha value is -3.35. The Morgan fingerprint density at radius 2 is 1.96 bits per heavy atom. The molecule has 0 fully saturated rings. The van der Waals surface area contributed by atoms with E-state index in [0.717, 1.165) is 0 Å². The van der Waals surface area contributed by atoms with Crippen LogP contribution in [-0.2, 0) is 0 Å². The van der Waals surface area contributed by atoms with E-state index in [9.17, 15) is 4.39 Å². The summed E-state index contributed by atoms with van der Waals surface area (Å²) >= 11 is 0. The number of methoxy groups -OCH3 is 1. The Labute approximate surface area is 136 Å². The lowest BCUT2D eigenvalue weighted by atomic mass is 10.1. The van der Waals surface area contributed by atoms with Gasteiger partial charge in [0, 0.05) is 24.0 Å². The first-order valence-electron chi connectivity index (χ1n) is 7.23. The SMILES string of the molecule is COc1cc(F)ccc1-c1ccnc2nc(-c3ccccn3)nn12. The Kier molecular flexibility index (Phi) is 3.38. The third kappa shape index (κ3) is 2.36. The van der Waals surface area contributed by atoms with Crippen LogP contribution in [0.4, 0.5) is 4.39 Å². The summed E-state index contributed by atoms with van der Waals surface area (Å²) in [5.74, 6) is 0.946. The molecule has 24 heavy (non-hydrogen) atoms. The van der Waals surface area contributed by atoms with Gasteiger partial charge < -0.3 is 4.74 Å². The van der Waals surface area contributed by atoms with E-state index in [1.54, 1.807) is 29.0 Å². The number of ether oxygens (including phenoxy) is 1. The lowest BCUT2D eigenvalue weighted by Gasteiger charge is -2.09. The van der Waals surface area contributed by atoms with Crippen LogP contribution in [0.25, 0.3) is 28.6 Å². The average Bonchev–Trinajstić information content (AvgIpc) is 3.07. The Bertz CT molecular complexity index is 1020. The van der Waals surface area contributed by atoms with Crippen molar-refractivity contribution >= 4 is 5.78 Å². The maximum absolute atomic E-state index is 13.5. The van der Waals surface area contributed by atoms with Crippen LogP contribution < -0.4 is 4.74 Å². The molecule has 0 amide bonds. The highest BCUT2D eigenvalue weighted by atomic mass is 19.1. The molecule has 0 aliphatic rings. The molecular weight excluding hydrogens is 309 g/mol. The third-order valence-electron chi connectivity index (χ3n) is 3.57. The summed E-state index contributed by atoms with van der Waals surface area (Å²) < 4.78 is 20.3. The van der Waals surface area contributed by atoms with Gasteiger partial charge >= 0.3 is 0 Å². The molecule has 0 bridgehead atoms. The van der Waals surface area contributed by atoms with Gasteiger partial charge in [-0.15, -0.1) is 5.10 Å². The van der Waals surface area contributed by atoms with Crippen LogP contribution in [0.3, 0.4) is 0 Å². The standard InChI is InChI=1S/C17H12FN5O/c1-24-15-10-11(18)5-6-12(15)14-7-9-20-17-21-16(22-23(14)17)13-4-2-3-8-19-13/h2-10H,1H3. The van der Waals surface area contributed by atoms with Gasteiger partial charge in [0.15, 0.2) is 0 Å². The predicted octanol–water partition coefficient (Wildman–Crippen LogP) is 3.00. The molecule has 4 rings (SSSR count). The fraction of sp³-hybridized carbons (Fsp3) is 0.0588. The van der Waals surface area contributed by atoms with Crippen molar-refractivity contribution in [3.63, 3.8) is 0 Å². The molecule has 0 saturated carbocycles. The smallest absolute Gasteiger partial charge is 0.253 e. The molecule has 0 spiro atoms. The van der Waals surface area contributed by atoms with E-state index in [1.165, 1.54) is 19.2 Å². The minimum Gasteiger partial charge on any atom is -0.496 e. The topological polar surface area (TPSA) is 65.2 Å². The van der Waals surface area contributed by atoms with Gasteiger partial charge in [0.05, 0.1) is 12.8 Å². The number of aromatic nitrogens is 5. The molecule has 1 aromatic carbocycles. The molecule has 6 nitrogen and oxygen atoms in total. The monoisotopic (exact) mass is 321 g/mol. The maximum Gasteiger partial charge on any atom is 0.253 e. The molecule has 0 N–H and O–H groups in total. The number of rotatable bonds is 3. The zero-order valence-corrected chi connectivity index (χ0v) is 12.7. The number of fused-ring (bicyclic) bond motifs is 1. The summed E-state index contributed by atoms with van der Waals surface area (Å²) in [4.78, 5) is 12.9. The first kappa shape index (κ1) is 14.3. The highest BCUT2D eigenvalue weighted by molar-refractivity contribution is 5.69. The minimum atomic E-state index is -0.367. The molecule has 4 aromatic rings.